The molecule has 2 unspecified atom stereocenters. The van der Waals surface area contributed by atoms with Gasteiger partial charge in [0.25, 0.3) is 0 Å². The van der Waals surface area contributed by atoms with E-state index in [1.807, 2.05) is 4.90 Å². The lowest BCUT2D eigenvalue weighted by atomic mass is 9.98. The van der Waals surface area contributed by atoms with Gasteiger partial charge in [-0.25, -0.2) is 9.67 Å². The van der Waals surface area contributed by atoms with Crippen LogP contribution in [0.5, 0.6) is 0 Å². The van der Waals surface area contributed by atoms with Crippen molar-refractivity contribution in [3.8, 4) is 12.3 Å². The molecular formula is C27H40ClN5O14P2. The summed E-state index contributed by atoms with van der Waals surface area (Å²) in [6, 6.07) is 1.61. The van der Waals surface area contributed by atoms with Crippen molar-refractivity contribution in [1.29, 1.82) is 0 Å². The molecule has 49 heavy (non-hydrogen) atoms. The number of halogens is 1. The molecule has 0 radical (unpaired) electrons. The molecule has 0 bridgehead atoms. The van der Waals surface area contributed by atoms with Crippen LogP contribution in [0.2, 0.25) is 5.15 Å². The summed E-state index contributed by atoms with van der Waals surface area (Å²) in [5.74, 6) is 0.526. The molecule has 2 saturated heterocycles. The number of anilines is 1. The van der Waals surface area contributed by atoms with Crippen molar-refractivity contribution >= 4 is 49.4 Å². The van der Waals surface area contributed by atoms with Crippen LogP contribution in [-0.2, 0) is 42.1 Å². The number of ether oxygens (including phenoxy) is 5. The number of aliphatic hydroxyl groups is 2. The van der Waals surface area contributed by atoms with Crippen LogP contribution in [0.15, 0.2) is 12.3 Å². The van der Waals surface area contributed by atoms with E-state index in [0.29, 0.717) is 77.0 Å². The van der Waals surface area contributed by atoms with Crippen LogP contribution >= 0.6 is 26.8 Å². The zero-order chi connectivity index (χ0) is 35.6. The fraction of sp³-hybridized carbons (Fsp3) is 0.667. The van der Waals surface area contributed by atoms with E-state index in [0.717, 1.165) is 0 Å². The van der Waals surface area contributed by atoms with E-state index in [1.165, 1.54) is 10.9 Å². The first-order chi connectivity index (χ1) is 23.3. The van der Waals surface area contributed by atoms with Crippen molar-refractivity contribution in [3.63, 3.8) is 0 Å². The molecule has 274 valence electrons. The van der Waals surface area contributed by atoms with Gasteiger partial charge in [0.15, 0.2) is 17.8 Å². The highest BCUT2D eigenvalue weighted by atomic mass is 35.5. The Morgan fingerprint density at radius 3 is 2.31 bits per heavy atom. The van der Waals surface area contributed by atoms with Gasteiger partial charge in [0.05, 0.1) is 76.0 Å². The minimum atomic E-state index is -4.87. The fourth-order valence-corrected chi connectivity index (χ4v) is 7.73. The Morgan fingerprint density at radius 1 is 1.04 bits per heavy atom. The Hall–Kier alpha value is -2.24. The molecule has 2 aliphatic rings. The van der Waals surface area contributed by atoms with Crippen LogP contribution in [0.3, 0.4) is 0 Å². The number of aromatic nitrogens is 3. The van der Waals surface area contributed by atoms with E-state index >= 15 is 0 Å². The number of hydrogen-bond donors (Lipinski definition) is 6. The van der Waals surface area contributed by atoms with Gasteiger partial charge in [-0.15, -0.1) is 6.42 Å². The van der Waals surface area contributed by atoms with Crippen LogP contribution < -0.4 is 10.2 Å². The number of nitrogens with one attached hydrogen (secondary N) is 1. The highest BCUT2D eigenvalue weighted by molar-refractivity contribution is 7.70. The first-order valence-corrected chi connectivity index (χ1v) is 19.1. The van der Waals surface area contributed by atoms with Gasteiger partial charge in [0.2, 0.25) is 5.91 Å². The summed E-state index contributed by atoms with van der Waals surface area (Å²) >= 11 is 6.31. The Morgan fingerprint density at radius 2 is 1.67 bits per heavy atom. The molecule has 0 spiro atoms. The van der Waals surface area contributed by atoms with E-state index in [2.05, 4.69) is 21.3 Å². The summed E-state index contributed by atoms with van der Waals surface area (Å²) in [6.45, 7) is 3.38. The van der Waals surface area contributed by atoms with Gasteiger partial charge in [-0.2, -0.15) is 5.10 Å². The third-order valence-corrected chi connectivity index (χ3v) is 11.0. The molecule has 4 rings (SSSR count). The molecule has 2 fully saturated rings. The van der Waals surface area contributed by atoms with Crippen molar-refractivity contribution < 1.29 is 67.0 Å². The second kappa shape index (κ2) is 18.3. The lowest BCUT2D eigenvalue weighted by Crippen LogP contribution is -2.54. The Bertz CT molecular complexity index is 1530. The van der Waals surface area contributed by atoms with Crippen LogP contribution in [0.1, 0.15) is 6.23 Å². The summed E-state index contributed by atoms with van der Waals surface area (Å²) in [7, 11) is -9.59. The number of carbonyl (C=O) groups excluding carboxylic acids is 1. The third kappa shape index (κ3) is 11.6. The molecular weight excluding hydrogens is 716 g/mol. The minimum Gasteiger partial charge on any atom is -0.387 e. The molecule has 0 saturated carbocycles. The van der Waals surface area contributed by atoms with Crippen LogP contribution in [0.25, 0.3) is 11.0 Å². The quantitative estimate of drug-likeness (QED) is 0.0398. The number of nitrogens with zero attached hydrogens (tertiary/aromatic N) is 4. The average molecular weight is 756 g/mol. The number of carbonyl (C=O) groups is 1. The molecule has 19 nitrogen and oxygen atoms in total. The van der Waals surface area contributed by atoms with Crippen molar-refractivity contribution in [2.45, 2.75) is 24.5 Å². The SMILES string of the molecule is C#CCOCCOCCOCCOCCNC(=O)C1CN(c2cc(Cl)nc3c2cnn3[C@@H]2OC(COP(=O)(O)CP(=O)(O)O)[C@@H](O)[C@H]2O)C1. The number of amides is 1. The highest BCUT2D eigenvalue weighted by Gasteiger charge is 2.46. The Kier molecular flexibility index (Phi) is 14.8. The first kappa shape index (κ1) is 39.5. The molecule has 2 aliphatic heterocycles. The summed E-state index contributed by atoms with van der Waals surface area (Å²) in [5.41, 5.74) is 0.824. The van der Waals surface area contributed by atoms with Crippen LogP contribution in [-0.4, -0.2) is 149 Å². The molecule has 1 amide bonds. The Balaban J connectivity index is 1.20. The van der Waals surface area contributed by atoms with Gasteiger partial charge in [-0.05, 0) is 6.07 Å². The Labute approximate surface area is 286 Å². The second-order valence-corrected chi connectivity index (χ2v) is 15.4. The molecule has 6 N–H and O–H groups in total. The smallest absolute Gasteiger partial charge is 0.340 e. The zero-order valence-electron chi connectivity index (χ0n) is 26.3. The number of rotatable bonds is 21. The predicted octanol–water partition coefficient (Wildman–Crippen LogP) is -0.707. The van der Waals surface area contributed by atoms with E-state index in [9.17, 15) is 29.0 Å². The maximum atomic E-state index is 12.7. The summed E-state index contributed by atoms with van der Waals surface area (Å²) in [4.78, 5) is 46.5. The van der Waals surface area contributed by atoms with Gasteiger partial charge in [0, 0.05) is 19.6 Å². The minimum absolute atomic E-state index is 0.0862. The summed E-state index contributed by atoms with van der Waals surface area (Å²) in [6.07, 6.45) is 0.704. The largest absolute Gasteiger partial charge is 0.387 e. The summed E-state index contributed by atoms with van der Waals surface area (Å²) < 4.78 is 56.0. The maximum Gasteiger partial charge on any atom is 0.340 e. The predicted molar refractivity (Wildman–Crippen MR) is 172 cm³/mol. The van der Waals surface area contributed by atoms with Gasteiger partial charge < -0.3 is 63.3 Å². The normalized spacial score (nSPS) is 22.6. The monoisotopic (exact) mass is 755 g/mol. The first-order valence-electron chi connectivity index (χ1n) is 15.1. The zero-order valence-corrected chi connectivity index (χ0v) is 28.8. The van der Waals surface area contributed by atoms with E-state index in [1.54, 1.807) is 6.07 Å². The summed E-state index contributed by atoms with van der Waals surface area (Å²) in [5, 5.41) is 28.9. The van der Waals surface area contributed by atoms with Gasteiger partial charge in [0.1, 0.15) is 30.1 Å². The molecule has 4 heterocycles. The molecule has 0 aromatic carbocycles. The maximum absolute atomic E-state index is 12.7. The van der Waals surface area contributed by atoms with Crippen molar-refractivity contribution in [2.75, 3.05) is 89.9 Å². The fourth-order valence-electron chi connectivity index (χ4n) is 4.97. The molecule has 2 aromatic heterocycles. The molecule has 5 atom stereocenters. The van der Waals surface area contributed by atoms with Crippen molar-refractivity contribution in [1.82, 2.24) is 20.1 Å². The average Bonchev–Trinajstić information content (AvgIpc) is 3.54. The molecule has 0 aliphatic carbocycles. The number of fused-ring (bicyclic) bond motifs is 1. The standard InChI is InChI=1S/C27H40ClN5O14P2/c1-2-4-42-6-8-44-10-11-45-9-7-43-5-3-29-26(36)18-14-32(15-18)20-12-22(28)31-25-19(20)13-30-33(25)27-24(35)23(34)21(47-27)16-46-49(40,41)17-48(37,38)39/h1,12-13,18,21,23-24,27,34-35H,3-11,14-17H2,(H,29,36)(H,40,41)(H2,37,38,39)/t21?,23-,24-,27-/m1/s1. The number of pyridine rings is 1. The van der Waals surface area contributed by atoms with Gasteiger partial charge >= 0.3 is 15.2 Å². The van der Waals surface area contributed by atoms with Crippen LogP contribution in [0.4, 0.5) is 5.69 Å². The second-order valence-electron chi connectivity index (χ2n) is 11.1. The van der Waals surface area contributed by atoms with E-state index in [-0.39, 0.29) is 29.2 Å². The highest BCUT2D eigenvalue weighted by Crippen LogP contribution is 2.55. The van der Waals surface area contributed by atoms with E-state index in [4.69, 9.17) is 56.0 Å². The van der Waals surface area contributed by atoms with Gasteiger partial charge in [-0.1, -0.05) is 17.5 Å². The third-order valence-electron chi connectivity index (χ3n) is 7.34. The topological polar surface area (TPSA) is 254 Å². The molecule has 2 aromatic rings. The van der Waals surface area contributed by atoms with E-state index < -0.39 is 52.2 Å². The number of hydrogen-bond acceptors (Lipinski definition) is 14. The van der Waals surface area contributed by atoms with Crippen molar-refractivity contribution in [3.05, 3.63) is 17.4 Å². The van der Waals surface area contributed by atoms with Crippen LogP contribution in [0, 0.1) is 18.3 Å². The number of terminal acetylenes is 1. The van der Waals surface area contributed by atoms with Gasteiger partial charge in [-0.3, -0.25) is 13.9 Å². The lowest BCUT2D eigenvalue weighted by molar-refractivity contribution is -0.126. The molecule has 22 heteroatoms. The lowest BCUT2D eigenvalue weighted by Gasteiger charge is -2.40. The van der Waals surface area contributed by atoms with Crippen molar-refractivity contribution in [2.24, 2.45) is 5.92 Å². The number of aliphatic hydroxyl groups excluding tert-OH is 2.